The van der Waals surface area contributed by atoms with Crippen LogP contribution in [0.25, 0.3) is 0 Å². The number of carboxylic acids is 1. The van der Waals surface area contributed by atoms with Crippen LogP contribution in [0.15, 0.2) is 12.1 Å². The predicted molar refractivity (Wildman–Crippen MR) is 45.8 cm³/mol. The van der Waals surface area contributed by atoms with Gasteiger partial charge < -0.3 is 15.3 Å². The molecule has 0 aromatic heterocycles. The van der Waals surface area contributed by atoms with Crippen LogP contribution in [0.1, 0.15) is 11.1 Å². The molecule has 5 nitrogen and oxygen atoms in total. The zero-order valence-electron chi connectivity index (χ0n) is 7.06. The first-order chi connectivity index (χ1) is 6.54. The second kappa shape index (κ2) is 3.66. The lowest BCUT2D eigenvalue weighted by Gasteiger charge is -2.03. The summed E-state index contributed by atoms with van der Waals surface area (Å²) < 4.78 is 0. The minimum Gasteiger partial charge on any atom is -0.504 e. The number of hydrogen-bond donors (Lipinski definition) is 3. The normalized spacial score (nSPS) is 9.36. The van der Waals surface area contributed by atoms with Gasteiger partial charge in [-0.3, -0.25) is 4.79 Å². The molecule has 1 aromatic rings. The van der Waals surface area contributed by atoms with Crippen molar-refractivity contribution in [2.45, 2.75) is 6.42 Å². The largest absolute Gasteiger partial charge is 0.504 e. The highest BCUT2D eigenvalue weighted by molar-refractivity contribution is 5.72. The van der Waals surface area contributed by atoms with Crippen molar-refractivity contribution in [3.05, 3.63) is 23.3 Å². The van der Waals surface area contributed by atoms with Crippen molar-refractivity contribution < 1.29 is 20.1 Å². The first kappa shape index (κ1) is 9.86. The van der Waals surface area contributed by atoms with Crippen molar-refractivity contribution in [2.75, 3.05) is 0 Å². The number of rotatable bonds is 2. The molecule has 0 aliphatic carbocycles. The van der Waals surface area contributed by atoms with Crippen LogP contribution in [0.5, 0.6) is 11.5 Å². The van der Waals surface area contributed by atoms with Gasteiger partial charge in [-0.1, -0.05) is 0 Å². The summed E-state index contributed by atoms with van der Waals surface area (Å²) in [7, 11) is 0. The fraction of sp³-hybridized carbons (Fsp3) is 0.111. The first-order valence-corrected chi connectivity index (χ1v) is 3.71. The zero-order valence-corrected chi connectivity index (χ0v) is 7.06. The molecule has 0 spiro atoms. The van der Waals surface area contributed by atoms with Crippen LogP contribution in [0.2, 0.25) is 0 Å². The summed E-state index contributed by atoms with van der Waals surface area (Å²) >= 11 is 0. The minimum atomic E-state index is -1.11. The Hall–Kier alpha value is -2.22. The summed E-state index contributed by atoms with van der Waals surface area (Å²) in [6, 6.07) is 3.84. The summed E-state index contributed by atoms with van der Waals surface area (Å²) in [6.07, 6.45) is -0.364. The SMILES string of the molecule is N#Cc1cc(O)c(O)cc1CC(=O)O. The maximum absolute atomic E-state index is 10.4. The average molecular weight is 193 g/mol. The number of carboxylic acid groups (broad SMARTS) is 1. The zero-order chi connectivity index (χ0) is 10.7. The van der Waals surface area contributed by atoms with E-state index in [0.717, 1.165) is 12.1 Å². The topological polar surface area (TPSA) is 102 Å². The van der Waals surface area contributed by atoms with Crippen molar-refractivity contribution in [1.29, 1.82) is 5.26 Å². The summed E-state index contributed by atoms with van der Waals surface area (Å²) in [5, 5.41) is 35.2. The molecule has 0 aliphatic heterocycles. The molecule has 1 rings (SSSR count). The average Bonchev–Trinajstić information content (AvgIpc) is 2.10. The standard InChI is InChI=1S/C9H7NO4/c10-4-6-2-8(12)7(11)1-5(6)3-9(13)14/h1-2,11-12H,3H2,(H,13,14). The maximum atomic E-state index is 10.4. The highest BCUT2D eigenvalue weighted by Gasteiger charge is 2.10. The monoisotopic (exact) mass is 193 g/mol. The van der Waals surface area contributed by atoms with E-state index in [2.05, 4.69) is 0 Å². The molecule has 0 saturated carbocycles. The van der Waals surface area contributed by atoms with Gasteiger partial charge in [-0.05, 0) is 11.6 Å². The van der Waals surface area contributed by atoms with Crippen molar-refractivity contribution in [1.82, 2.24) is 0 Å². The van der Waals surface area contributed by atoms with Crippen LogP contribution < -0.4 is 0 Å². The number of aromatic hydroxyl groups is 2. The van der Waals surface area contributed by atoms with Crippen LogP contribution in [0.4, 0.5) is 0 Å². The van der Waals surface area contributed by atoms with E-state index in [4.69, 9.17) is 20.6 Å². The smallest absolute Gasteiger partial charge is 0.307 e. The molecule has 3 N–H and O–H groups in total. The van der Waals surface area contributed by atoms with E-state index in [1.165, 1.54) is 0 Å². The first-order valence-electron chi connectivity index (χ1n) is 3.71. The Bertz CT molecular complexity index is 420. The fourth-order valence-corrected chi connectivity index (χ4v) is 1.03. The molecule has 0 atom stereocenters. The molecule has 0 unspecified atom stereocenters. The molecular formula is C9H7NO4. The third-order valence-electron chi connectivity index (χ3n) is 1.66. The van der Waals surface area contributed by atoms with Crippen molar-refractivity contribution in [3.8, 4) is 17.6 Å². The van der Waals surface area contributed by atoms with Gasteiger partial charge >= 0.3 is 5.97 Å². The Balaban J connectivity index is 3.22. The Kier molecular flexibility index (Phi) is 2.58. The second-order valence-corrected chi connectivity index (χ2v) is 2.68. The van der Waals surface area contributed by atoms with Crippen LogP contribution in [0, 0.1) is 11.3 Å². The molecule has 0 heterocycles. The van der Waals surface area contributed by atoms with Gasteiger partial charge in [-0.2, -0.15) is 5.26 Å². The third-order valence-corrected chi connectivity index (χ3v) is 1.66. The van der Waals surface area contributed by atoms with Gasteiger partial charge in [0.2, 0.25) is 0 Å². The van der Waals surface area contributed by atoms with E-state index in [9.17, 15) is 4.79 Å². The highest BCUT2D eigenvalue weighted by Crippen LogP contribution is 2.28. The van der Waals surface area contributed by atoms with Gasteiger partial charge in [0, 0.05) is 6.07 Å². The Morgan fingerprint density at radius 2 is 1.93 bits per heavy atom. The maximum Gasteiger partial charge on any atom is 0.307 e. The quantitative estimate of drug-likeness (QED) is 0.597. The summed E-state index contributed by atoms with van der Waals surface area (Å²) in [5.41, 5.74) is 0.220. The molecule has 0 bridgehead atoms. The lowest BCUT2D eigenvalue weighted by molar-refractivity contribution is -0.136. The molecule has 1 aromatic carbocycles. The molecule has 0 fully saturated rings. The van der Waals surface area contributed by atoms with E-state index < -0.39 is 17.5 Å². The van der Waals surface area contributed by atoms with Gasteiger partial charge in [0.1, 0.15) is 0 Å². The van der Waals surface area contributed by atoms with Crippen LogP contribution in [-0.2, 0) is 11.2 Å². The lowest BCUT2D eigenvalue weighted by atomic mass is 10.0. The predicted octanol–water partition coefficient (Wildman–Crippen LogP) is 0.597. The van der Waals surface area contributed by atoms with E-state index in [1.807, 2.05) is 0 Å². The Morgan fingerprint density at radius 3 is 2.43 bits per heavy atom. The number of phenols is 2. The number of nitrogens with zero attached hydrogens (tertiary/aromatic N) is 1. The Morgan fingerprint density at radius 1 is 1.36 bits per heavy atom. The molecule has 0 radical (unpaired) electrons. The van der Waals surface area contributed by atoms with Gasteiger partial charge in [0.25, 0.3) is 0 Å². The van der Waals surface area contributed by atoms with Crippen LogP contribution in [0.3, 0.4) is 0 Å². The molecular weight excluding hydrogens is 186 g/mol. The van der Waals surface area contributed by atoms with Crippen LogP contribution >= 0.6 is 0 Å². The van der Waals surface area contributed by atoms with Gasteiger partial charge in [-0.25, -0.2) is 0 Å². The molecule has 72 valence electrons. The number of hydrogen-bond acceptors (Lipinski definition) is 4. The van der Waals surface area contributed by atoms with E-state index >= 15 is 0 Å². The van der Waals surface area contributed by atoms with E-state index in [-0.39, 0.29) is 17.5 Å². The highest BCUT2D eigenvalue weighted by atomic mass is 16.4. The number of carbonyl (C=O) groups is 1. The minimum absolute atomic E-state index is 0.0442. The number of nitriles is 1. The fourth-order valence-electron chi connectivity index (χ4n) is 1.03. The number of phenolic OH excluding ortho intramolecular Hbond substituents is 2. The van der Waals surface area contributed by atoms with Crippen molar-refractivity contribution in [2.24, 2.45) is 0 Å². The summed E-state index contributed by atoms with van der Waals surface area (Å²) in [6.45, 7) is 0. The molecule has 0 aliphatic rings. The van der Waals surface area contributed by atoms with Gasteiger partial charge in [-0.15, -0.1) is 0 Å². The van der Waals surface area contributed by atoms with Crippen LogP contribution in [-0.4, -0.2) is 21.3 Å². The molecule has 5 heteroatoms. The van der Waals surface area contributed by atoms with Crippen molar-refractivity contribution in [3.63, 3.8) is 0 Å². The summed E-state index contributed by atoms with van der Waals surface area (Å²) in [4.78, 5) is 10.4. The number of aliphatic carboxylic acids is 1. The summed E-state index contributed by atoms with van der Waals surface area (Å²) in [5.74, 6) is -1.97. The van der Waals surface area contributed by atoms with E-state index in [1.54, 1.807) is 6.07 Å². The molecule has 0 amide bonds. The molecule has 0 saturated heterocycles. The Labute approximate surface area is 79.5 Å². The number of benzene rings is 1. The lowest BCUT2D eigenvalue weighted by Crippen LogP contribution is -2.02. The molecule has 14 heavy (non-hydrogen) atoms. The second-order valence-electron chi connectivity index (χ2n) is 2.68. The van der Waals surface area contributed by atoms with Gasteiger partial charge in [0.05, 0.1) is 18.1 Å². The van der Waals surface area contributed by atoms with Crippen molar-refractivity contribution >= 4 is 5.97 Å². The third kappa shape index (κ3) is 1.93. The van der Waals surface area contributed by atoms with Gasteiger partial charge in [0.15, 0.2) is 11.5 Å². The van der Waals surface area contributed by atoms with E-state index in [0.29, 0.717) is 0 Å².